The maximum absolute atomic E-state index is 12.5. The van der Waals surface area contributed by atoms with Crippen molar-refractivity contribution in [1.82, 2.24) is 0 Å². The molecule has 0 atom stereocenters. The number of benzene rings is 1. The summed E-state index contributed by atoms with van der Waals surface area (Å²) in [4.78, 5) is 25.8. The van der Waals surface area contributed by atoms with Crippen molar-refractivity contribution < 1.29 is 18.7 Å². The Hall–Kier alpha value is -2.37. The first-order valence-electron chi connectivity index (χ1n) is 7.71. The minimum Gasteiger partial charge on any atom is -0.466 e. The summed E-state index contributed by atoms with van der Waals surface area (Å²) >= 11 is 7.27. The lowest BCUT2D eigenvalue weighted by atomic mass is 10.1. The van der Waals surface area contributed by atoms with E-state index in [4.69, 9.17) is 20.8 Å². The van der Waals surface area contributed by atoms with Crippen LogP contribution in [0.3, 0.4) is 0 Å². The molecule has 0 bridgehead atoms. The zero-order chi connectivity index (χ0) is 17.8. The van der Waals surface area contributed by atoms with Crippen LogP contribution in [0, 0.1) is 0 Å². The molecule has 128 valence electrons. The third kappa shape index (κ3) is 4.00. The molecular formula is C19H15ClO4S. The third-order valence-electron chi connectivity index (χ3n) is 3.52. The highest BCUT2D eigenvalue weighted by Crippen LogP contribution is 2.35. The van der Waals surface area contributed by atoms with Gasteiger partial charge in [0.25, 0.3) is 0 Å². The maximum atomic E-state index is 12.5. The van der Waals surface area contributed by atoms with Gasteiger partial charge >= 0.3 is 5.97 Å². The van der Waals surface area contributed by atoms with Crippen LogP contribution in [0.15, 0.2) is 53.1 Å². The standard InChI is InChI=1S/C19H15ClO4S/c1-2-23-17(21)11-13-10-16(18(22)15-4-3-9-24-15)25-19(13)12-5-7-14(20)8-6-12/h3-10H,2,11H2,1H3. The van der Waals surface area contributed by atoms with Crippen LogP contribution in [-0.2, 0) is 16.0 Å². The zero-order valence-electron chi connectivity index (χ0n) is 13.5. The Kier molecular flexibility index (Phi) is 5.36. The number of rotatable bonds is 6. The van der Waals surface area contributed by atoms with Gasteiger partial charge in [-0.25, -0.2) is 0 Å². The van der Waals surface area contributed by atoms with Gasteiger partial charge in [-0.1, -0.05) is 23.7 Å². The van der Waals surface area contributed by atoms with E-state index in [2.05, 4.69) is 0 Å². The Morgan fingerprint density at radius 1 is 1.20 bits per heavy atom. The molecule has 0 aliphatic carbocycles. The lowest BCUT2D eigenvalue weighted by molar-refractivity contribution is -0.142. The number of ketones is 1. The number of carbonyl (C=O) groups excluding carboxylic acids is 2. The summed E-state index contributed by atoms with van der Waals surface area (Å²) in [6.07, 6.45) is 1.56. The fraction of sp³-hybridized carbons (Fsp3) is 0.158. The molecule has 2 heterocycles. The summed E-state index contributed by atoms with van der Waals surface area (Å²) in [5, 5.41) is 0.624. The fourth-order valence-corrected chi connectivity index (χ4v) is 3.67. The maximum Gasteiger partial charge on any atom is 0.310 e. The van der Waals surface area contributed by atoms with Crippen LogP contribution >= 0.6 is 22.9 Å². The molecule has 25 heavy (non-hydrogen) atoms. The molecule has 0 saturated heterocycles. The third-order valence-corrected chi connectivity index (χ3v) is 5.00. The van der Waals surface area contributed by atoms with Crippen molar-refractivity contribution in [2.45, 2.75) is 13.3 Å². The van der Waals surface area contributed by atoms with Crippen molar-refractivity contribution in [2.24, 2.45) is 0 Å². The summed E-state index contributed by atoms with van der Waals surface area (Å²) in [6, 6.07) is 12.3. The molecule has 0 amide bonds. The van der Waals surface area contributed by atoms with Crippen LogP contribution in [0.25, 0.3) is 10.4 Å². The average Bonchev–Trinajstić information content (AvgIpc) is 3.25. The number of hydrogen-bond donors (Lipinski definition) is 0. The van der Waals surface area contributed by atoms with E-state index in [-0.39, 0.29) is 23.9 Å². The molecule has 0 aliphatic rings. The van der Waals surface area contributed by atoms with Gasteiger partial charge in [0.1, 0.15) is 0 Å². The second-order valence-electron chi connectivity index (χ2n) is 5.26. The van der Waals surface area contributed by atoms with E-state index in [0.29, 0.717) is 16.5 Å². The first kappa shape index (κ1) is 17.5. The van der Waals surface area contributed by atoms with Crippen LogP contribution in [-0.4, -0.2) is 18.4 Å². The number of carbonyl (C=O) groups is 2. The lowest BCUT2D eigenvalue weighted by Crippen LogP contribution is -2.07. The highest BCUT2D eigenvalue weighted by atomic mass is 35.5. The molecule has 0 spiro atoms. The van der Waals surface area contributed by atoms with Gasteiger partial charge in [-0.2, -0.15) is 0 Å². The number of thiophene rings is 1. The number of esters is 1. The average molecular weight is 375 g/mol. The molecule has 0 fully saturated rings. The molecule has 4 nitrogen and oxygen atoms in total. The Labute approximate surface area is 154 Å². The molecule has 2 aromatic heterocycles. The van der Waals surface area contributed by atoms with E-state index in [1.165, 1.54) is 17.6 Å². The molecule has 0 N–H and O–H groups in total. The molecule has 0 aliphatic heterocycles. The lowest BCUT2D eigenvalue weighted by Gasteiger charge is -2.04. The Balaban J connectivity index is 2.00. The van der Waals surface area contributed by atoms with Crippen LogP contribution < -0.4 is 0 Å². The number of ether oxygens (including phenoxy) is 1. The van der Waals surface area contributed by atoms with Crippen LogP contribution in [0.2, 0.25) is 5.02 Å². The van der Waals surface area contributed by atoms with E-state index in [0.717, 1.165) is 16.0 Å². The quantitative estimate of drug-likeness (QED) is 0.450. The predicted molar refractivity (Wildman–Crippen MR) is 97.2 cm³/mol. The highest BCUT2D eigenvalue weighted by molar-refractivity contribution is 7.17. The summed E-state index contributed by atoms with van der Waals surface area (Å²) in [6.45, 7) is 2.08. The number of furan rings is 1. The van der Waals surface area contributed by atoms with Crippen LogP contribution in [0.5, 0.6) is 0 Å². The van der Waals surface area contributed by atoms with Crippen molar-refractivity contribution in [2.75, 3.05) is 6.61 Å². The van der Waals surface area contributed by atoms with Gasteiger partial charge in [-0.15, -0.1) is 11.3 Å². The predicted octanol–water partition coefficient (Wildman–Crippen LogP) is 5.00. The first-order chi connectivity index (χ1) is 12.1. The van der Waals surface area contributed by atoms with Crippen molar-refractivity contribution in [1.29, 1.82) is 0 Å². The van der Waals surface area contributed by atoms with Crippen molar-refractivity contribution in [3.63, 3.8) is 0 Å². The summed E-state index contributed by atoms with van der Waals surface area (Å²) < 4.78 is 10.2. The molecule has 1 aromatic carbocycles. The van der Waals surface area contributed by atoms with Gasteiger partial charge in [0, 0.05) is 9.90 Å². The fourth-order valence-electron chi connectivity index (χ4n) is 2.41. The van der Waals surface area contributed by atoms with E-state index in [9.17, 15) is 9.59 Å². The zero-order valence-corrected chi connectivity index (χ0v) is 15.0. The minimum absolute atomic E-state index is 0.105. The summed E-state index contributed by atoms with van der Waals surface area (Å²) in [5.41, 5.74) is 1.65. The Bertz CT molecular complexity index is 879. The van der Waals surface area contributed by atoms with Crippen LogP contribution in [0.4, 0.5) is 0 Å². The smallest absolute Gasteiger partial charge is 0.310 e. The molecule has 3 aromatic rings. The van der Waals surface area contributed by atoms with Gasteiger partial charge in [0.05, 0.1) is 24.2 Å². The van der Waals surface area contributed by atoms with Gasteiger partial charge in [-0.3, -0.25) is 9.59 Å². The molecule has 0 unspecified atom stereocenters. The topological polar surface area (TPSA) is 56.5 Å². The van der Waals surface area contributed by atoms with E-state index in [1.807, 2.05) is 12.1 Å². The molecule has 6 heteroatoms. The molecule has 0 radical (unpaired) electrons. The monoisotopic (exact) mass is 374 g/mol. The Morgan fingerprint density at radius 2 is 1.96 bits per heavy atom. The largest absolute Gasteiger partial charge is 0.466 e. The molecule has 3 rings (SSSR count). The molecule has 0 saturated carbocycles. The number of halogens is 1. The normalized spacial score (nSPS) is 10.6. The van der Waals surface area contributed by atoms with Crippen molar-refractivity contribution in [3.8, 4) is 10.4 Å². The first-order valence-corrected chi connectivity index (χ1v) is 8.90. The minimum atomic E-state index is -0.326. The number of hydrogen-bond acceptors (Lipinski definition) is 5. The SMILES string of the molecule is CCOC(=O)Cc1cc(C(=O)c2ccco2)sc1-c1ccc(Cl)cc1. The van der Waals surface area contributed by atoms with E-state index in [1.54, 1.807) is 37.3 Å². The van der Waals surface area contributed by atoms with E-state index < -0.39 is 0 Å². The summed E-state index contributed by atoms with van der Waals surface area (Å²) in [5.74, 6) is -0.264. The van der Waals surface area contributed by atoms with Crippen LogP contribution in [0.1, 0.15) is 27.9 Å². The van der Waals surface area contributed by atoms with Gasteiger partial charge in [0.15, 0.2) is 5.76 Å². The highest BCUT2D eigenvalue weighted by Gasteiger charge is 2.20. The van der Waals surface area contributed by atoms with Gasteiger partial charge in [0.2, 0.25) is 5.78 Å². The second kappa shape index (κ2) is 7.68. The second-order valence-corrected chi connectivity index (χ2v) is 6.75. The van der Waals surface area contributed by atoms with Crippen molar-refractivity contribution >= 4 is 34.7 Å². The molecular weight excluding hydrogens is 360 g/mol. The van der Waals surface area contributed by atoms with Gasteiger partial charge < -0.3 is 9.15 Å². The summed E-state index contributed by atoms with van der Waals surface area (Å²) in [7, 11) is 0. The van der Waals surface area contributed by atoms with Crippen molar-refractivity contribution in [3.05, 3.63) is 70.0 Å². The van der Waals surface area contributed by atoms with E-state index >= 15 is 0 Å². The Morgan fingerprint density at radius 3 is 2.60 bits per heavy atom. The van der Waals surface area contributed by atoms with Gasteiger partial charge in [-0.05, 0) is 48.4 Å².